The standard InChI is InChI=1S/C13H13Br3N2O2/c1-6(19)18-9-5-8(14)12(20-2)11(15)10(9)7(3-4-17)13(18)16/h5H,3-4,17H2,1-2H3. The van der Waals surface area contributed by atoms with Crippen LogP contribution in [-0.4, -0.2) is 24.1 Å². The van der Waals surface area contributed by atoms with Gasteiger partial charge in [-0.25, -0.2) is 0 Å². The van der Waals surface area contributed by atoms with Gasteiger partial charge in [-0.2, -0.15) is 0 Å². The van der Waals surface area contributed by atoms with Gasteiger partial charge in [0.1, 0.15) is 5.75 Å². The number of ether oxygens (including phenoxy) is 1. The fourth-order valence-electron chi connectivity index (χ4n) is 2.26. The Morgan fingerprint density at radius 3 is 2.55 bits per heavy atom. The lowest BCUT2D eigenvalue weighted by Crippen LogP contribution is -2.07. The molecule has 1 aromatic heterocycles. The van der Waals surface area contributed by atoms with E-state index in [-0.39, 0.29) is 5.91 Å². The van der Waals surface area contributed by atoms with E-state index in [4.69, 9.17) is 10.5 Å². The molecule has 0 spiro atoms. The maximum absolute atomic E-state index is 11.9. The molecule has 0 saturated heterocycles. The molecule has 0 radical (unpaired) electrons. The number of carbonyl (C=O) groups is 1. The molecule has 2 rings (SSSR count). The summed E-state index contributed by atoms with van der Waals surface area (Å²) in [6, 6.07) is 1.88. The Balaban J connectivity index is 2.97. The van der Waals surface area contributed by atoms with E-state index in [9.17, 15) is 4.79 Å². The van der Waals surface area contributed by atoms with E-state index in [1.54, 1.807) is 11.7 Å². The minimum Gasteiger partial charge on any atom is -0.494 e. The second-order valence-electron chi connectivity index (χ2n) is 4.26. The summed E-state index contributed by atoms with van der Waals surface area (Å²) in [7, 11) is 1.61. The van der Waals surface area contributed by atoms with Crippen molar-refractivity contribution in [2.75, 3.05) is 13.7 Å². The molecule has 0 atom stereocenters. The van der Waals surface area contributed by atoms with Crippen molar-refractivity contribution in [2.45, 2.75) is 13.3 Å². The average molecular weight is 469 g/mol. The summed E-state index contributed by atoms with van der Waals surface area (Å²) in [5.74, 6) is 0.637. The first-order valence-corrected chi connectivity index (χ1v) is 8.27. The lowest BCUT2D eigenvalue weighted by Gasteiger charge is -2.09. The first kappa shape index (κ1) is 16.0. The van der Waals surface area contributed by atoms with Gasteiger partial charge in [0, 0.05) is 12.3 Å². The highest BCUT2D eigenvalue weighted by Gasteiger charge is 2.22. The van der Waals surface area contributed by atoms with Gasteiger partial charge >= 0.3 is 0 Å². The van der Waals surface area contributed by atoms with Gasteiger partial charge in [-0.05, 0) is 72.4 Å². The van der Waals surface area contributed by atoms with Gasteiger partial charge in [0.2, 0.25) is 5.91 Å². The summed E-state index contributed by atoms with van der Waals surface area (Å²) in [6.07, 6.45) is 0.667. The molecular formula is C13H13Br3N2O2. The van der Waals surface area contributed by atoms with Crippen LogP contribution in [0.3, 0.4) is 0 Å². The average Bonchev–Trinajstić information content (AvgIpc) is 2.63. The van der Waals surface area contributed by atoms with E-state index in [0.717, 1.165) is 30.0 Å². The van der Waals surface area contributed by atoms with Crippen molar-refractivity contribution in [3.8, 4) is 5.75 Å². The van der Waals surface area contributed by atoms with E-state index in [0.29, 0.717) is 18.7 Å². The highest BCUT2D eigenvalue weighted by molar-refractivity contribution is 9.11. The summed E-state index contributed by atoms with van der Waals surface area (Å²) in [4.78, 5) is 11.9. The monoisotopic (exact) mass is 466 g/mol. The number of carbonyl (C=O) groups excluding carboxylic acids is 1. The zero-order valence-electron chi connectivity index (χ0n) is 11.0. The van der Waals surface area contributed by atoms with Crippen LogP contribution in [0.4, 0.5) is 0 Å². The van der Waals surface area contributed by atoms with Crippen LogP contribution in [0.5, 0.6) is 5.75 Å². The third kappa shape index (κ3) is 2.45. The third-order valence-corrected chi connectivity index (χ3v) is 5.24. The summed E-state index contributed by atoms with van der Waals surface area (Å²) >= 11 is 10.5. The third-order valence-electron chi connectivity index (χ3n) is 3.06. The van der Waals surface area contributed by atoms with E-state index in [2.05, 4.69) is 47.8 Å². The minimum atomic E-state index is -0.0610. The Morgan fingerprint density at radius 1 is 1.40 bits per heavy atom. The van der Waals surface area contributed by atoms with Crippen molar-refractivity contribution in [1.82, 2.24) is 4.57 Å². The van der Waals surface area contributed by atoms with E-state index in [1.165, 1.54) is 6.92 Å². The zero-order chi connectivity index (χ0) is 15.0. The van der Waals surface area contributed by atoms with Crippen molar-refractivity contribution in [3.63, 3.8) is 0 Å². The summed E-state index contributed by atoms with van der Waals surface area (Å²) in [5.41, 5.74) is 7.49. The number of benzene rings is 1. The Bertz CT molecular complexity index is 695. The number of aromatic nitrogens is 1. The first-order chi connectivity index (χ1) is 9.43. The number of fused-ring (bicyclic) bond motifs is 1. The van der Waals surface area contributed by atoms with Crippen LogP contribution in [0, 0.1) is 0 Å². The normalized spacial score (nSPS) is 11.1. The van der Waals surface area contributed by atoms with Crippen molar-refractivity contribution in [1.29, 1.82) is 0 Å². The zero-order valence-corrected chi connectivity index (χ0v) is 15.7. The van der Waals surface area contributed by atoms with Crippen molar-refractivity contribution >= 4 is 64.6 Å². The molecule has 1 heterocycles. The SMILES string of the molecule is COc1c(Br)cc2c(c1Br)c(CCN)c(Br)n2C(C)=O. The Labute approximate surface area is 142 Å². The fourth-order valence-corrected chi connectivity index (χ4v) is 4.76. The van der Waals surface area contributed by atoms with Crippen LogP contribution in [0.25, 0.3) is 10.9 Å². The molecule has 0 amide bonds. The predicted octanol–water partition coefficient (Wildman–Crippen LogP) is 4.10. The molecular weight excluding hydrogens is 456 g/mol. The fraction of sp³-hybridized carbons (Fsp3) is 0.308. The van der Waals surface area contributed by atoms with Crippen LogP contribution < -0.4 is 10.5 Å². The summed E-state index contributed by atoms with van der Waals surface area (Å²) < 4.78 is 9.37. The number of methoxy groups -OCH3 is 1. The van der Waals surface area contributed by atoms with Crippen LogP contribution in [0.1, 0.15) is 17.3 Å². The molecule has 0 aliphatic carbocycles. The molecule has 20 heavy (non-hydrogen) atoms. The van der Waals surface area contributed by atoms with Crippen LogP contribution >= 0.6 is 47.8 Å². The van der Waals surface area contributed by atoms with Gasteiger partial charge in [-0.3, -0.25) is 9.36 Å². The topological polar surface area (TPSA) is 57.2 Å². The summed E-state index contributed by atoms with van der Waals surface area (Å²) in [6.45, 7) is 2.03. The minimum absolute atomic E-state index is 0.0610. The summed E-state index contributed by atoms with van der Waals surface area (Å²) in [5, 5.41) is 0.942. The van der Waals surface area contributed by atoms with Crippen LogP contribution in [0.15, 0.2) is 19.6 Å². The molecule has 0 fully saturated rings. The number of hydrogen-bond donors (Lipinski definition) is 1. The molecule has 7 heteroatoms. The van der Waals surface area contributed by atoms with E-state index < -0.39 is 0 Å². The van der Waals surface area contributed by atoms with Crippen LogP contribution in [-0.2, 0) is 6.42 Å². The van der Waals surface area contributed by atoms with Crippen LogP contribution in [0.2, 0.25) is 0 Å². The molecule has 0 aliphatic rings. The lowest BCUT2D eigenvalue weighted by atomic mass is 10.1. The second-order valence-corrected chi connectivity index (χ2v) is 6.66. The molecule has 0 saturated carbocycles. The van der Waals surface area contributed by atoms with Gasteiger partial charge < -0.3 is 10.5 Å². The Kier molecular flexibility index (Phi) is 4.94. The van der Waals surface area contributed by atoms with E-state index in [1.807, 2.05) is 6.07 Å². The molecule has 4 nitrogen and oxygen atoms in total. The number of rotatable bonds is 3. The first-order valence-electron chi connectivity index (χ1n) is 5.89. The van der Waals surface area contributed by atoms with Gasteiger partial charge in [0.25, 0.3) is 0 Å². The number of nitrogens with two attached hydrogens (primary N) is 1. The number of hydrogen-bond acceptors (Lipinski definition) is 3. The molecule has 0 aliphatic heterocycles. The second kappa shape index (κ2) is 6.17. The van der Waals surface area contributed by atoms with Crippen molar-refractivity contribution in [3.05, 3.63) is 25.2 Å². The van der Waals surface area contributed by atoms with Gasteiger partial charge in [-0.1, -0.05) is 0 Å². The highest BCUT2D eigenvalue weighted by atomic mass is 79.9. The number of nitrogens with zero attached hydrogens (tertiary/aromatic N) is 1. The van der Waals surface area contributed by atoms with Gasteiger partial charge in [0.05, 0.1) is 26.2 Å². The maximum Gasteiger partial charge on any atom is 0.228 e. The largest absolute Gasteiger partial charge is 0.494 e. The Hall–Kier alpha value is -0.370. The molecule has 2 N–H and O–H groups in total. The highest BCUT2D eigenvalue weighted by Crippen LogP contribution is 2.44. The van der Waals surface area contributed by atoms with Gasteiger partial charge in [-0.15, -0.1) is 0 Å². The molecule has 2 aromatic rings. The predicted molar refractivity (Wildman–Crippen MR) is 90.6 cm³/mol. The quantitative estimate of drug-likeness (QED) is 0.738. The molecule has 0 bridgehead atoms. The molecule has 0 unspecified atom stereocenters. The van der Waals surface area contributed by atoms with Gasteiger partial charge in [0.15, 0.2) is 0 Å². The van der Waals surface area contributed by atoms with Crippen molar-refractivity contribution in [2.24, 2.45) is 5.73 Å². The maximum atomic E-state index is 11.9. The smallest absolute Gasteiger partial charge is 0.228 e. The Morgan fingerprint density at radius 2 is 2.05 bits per heavy atom. The molecule has 108 valence electrons. The van der Waals surface area contributed by atoms with E-state index >= 15 is 0 Å². The van der Waals surface area contributed by atoms with Crippen molar-refractivity contribution < 1.29 is 9.53 Å². The molecule has 1 aromatic carbocycles. The number of halogens is 3. The lowest BCUT2D eigenvalue weighted by molar-refractivity contribution is 0.0939.